The fourth-order valence-electron chi connectivity index (χ4n) is 3.94. The Morgan fingerprint density at radius 1 is 1.32 bits per heavy atom. The Labute approximate surface area is 185 Å². The number of carbonyl (C=O) groups is 2. The first kappa shape index (κ1) is 19.9. The van der Waals surface area contributed by atoms with Gasteiger partial charge in [0.15, 0.2) is 17.5 Å². The van der Waals surface area contributed by atoms with E-state index in [1.807, 2.05) is 0 Å². The topological polar surface area (TPSA) is 123 Å². The summed E-state index contributed by atoms with van der Waals surface area (Å²) in [6.07, 6.45) is 3.35. The lowest BCUT2D eigenvalue weighted by atomic mass is 9.82. The summed E-state index contributed by atoms with van der Waals surface area (Å²) in [5, 5.41) is 21.8. The van der Waals surface area contributed by atoms with Crippen LogP contribution in [0.3, 0.4) is 0 Å². The Morgan fingerprint density at radius 3 is 2.90 bits per heavy atom. The average molecular weight is 461 g/mol. The van der Waals surface area contributed by atoms with Crippen LogP contribution in [0.5, 0.6) is 5.75 Å². The first-order valence-corrected chi connectivity index (χ1v) is 10.8. The number of anilines is 1. The summed E-state index contributed by atoms with van der Waals surface area (Å²) < 4.78 is 6.28. The molecular formula is C19H17ClN6O4S. The largest absolute Gasteiger partial charge is 0.486 e. The molecule has 12 heteroatoms. The van der Waals surface area contributed by atoms with Crippen LogP contribution in [0.4, 0.5) is 5.13 Å². The van der Waals surface area contributed by atoms with Crippen molar-refractivity contribution in [1.82, 2.24) is 25.2 Å². The SMILES string of the molecule is O=C(O)Cn1nnc(-c2cnc(N3CCC4(CC3)CC(=O)c3c(Cl)cccc3O4)s2)n1. The molecule has 1 N–H and O–H groups in total. The van der Waals surface area contributed by atoms with Gasteiger partial charge in [-0.25, -0.2) is 4.98 Å². The van der Waals surface area contributed by atoms with Crippen molar-refractivity contribution < 1.29 is 19.4 Å². The van der Waals surface area contributed by atoms with Gasteiger partial charge in [0.05, 0.1) is 28.1 Å². The number of ether oxygens (including phenoxy) is 1. The molecule has 0 aliphatic carbocycles. The van der Waals surface area contributed by atoms with Gasteiger partial charge in [-0.1, -0.05) is 29.0 Å². The molecule has 1 saturated heterocycles. The molecule has 0 atom stereocenters. The van der Waals surface area contributed by atoms with E-state index in [0.29, 0.717) is 59.4 Å². The van der Waals surface area contributed by atoms with Crippen LogP contribution in [-0.2, 0) is 11.3 Å². The molecule has 5 rings (SSSR count). The number of aromatic nitrogens is 5. The number of carboxylic acids is 1. The minimum Gasteiger partial charge on any atom is -0.486 e. The number of rotatable bonds is 4. The van der Waals surface area contributed by atoms with Crippen LogP contribution in [0.1, 0.15) is 29.6 Å². The van der Waals surface area contributed by atoms with E-state index in [4.69, 9.17) is 21.4 Å². The highest BCUT2D eigenvalue weighted by Crippen LogP contribution is 2.42. The fourth-order valence-corrected chi connectivity index (χ4v) is 5.10. The second-order valence-corrected chi connectivity index (χ2v) is 8.95. The maximum Gasteiger partial charge on any atom is 0.327 e. The molecule has 1 aromatic carbocycles. The van der Waals surface area contributed by atoms with E-state index in [2.05, 4.69) is 25.3 Å². The van der Waals surface area contributed by atoms with E-state index in [1.54, 1.807) is 24.4 Å². The molecule has 3 aromatic rings. The predicted octanol–water partition coefficient (Wildman–Crippen LogP) is 2.54. The van der Waals surface area contributed by atoms with Gasteiger partial charge in [0.1, 0.15) is 11.4 Å². The monoisotopic (exact) mass is 460 g/mol. The molecular weight excluding hydrogens is 444 g/mol. The Bertz CT molecular complexity index is 1170. The van der Waals surface area contributed by atoms with E-state index in [-0.39, 0.29) is 12.3 Å². The maximum atomic E-state index is 12.7. The number of aliphatic carboxylic acids is 1. The second-order valence-electron chi connectivity index (χ2n) is 7.53. The van der Waals surface area contributed by atoms with Crippen LogP contribution in [0, 0.1) is 0 Å². The van der Waals surface area contributed by atoms with Crippen molar-refractivity contribution in [3.05, 3.63) is 35.0 Å². The van der Waals surface area contributed by atoms with Gasteiger partial charge in [-0.05, 0) is 17.3 Å². The fraction of sp³-hybridized carbons (Fsp3) is 0.368. The van der Waals surface area contributed by atoms with E-state index < -0.39 is 11.6 Å². The van der Waals surface area contributed by atoms with E-state index in [9.17, 15) is 9.59 Å². The summed E-state index contributed by atoms with van der Waals surface area (Å²) >= 11 is 7.60. The minimum absolute atomic E-state index is 0.0207. The van der Waals surface area contributed by atoms with Crippen LogP contribution in [0.15, 0.2) is 24.4 Å². The molecule has 0 saturated carbocycles. The van der Waals surface area contributed by atoms with Gasteiger partial charge in [-0.3, -0.25) is 9.59 Å². The number of halogens is 1. The van der Waals surface area contributed by atoms with Gasteiger partial charge in [-0.2, -0.15) is 4.80 Å². The van der Waals surface area contributed by atoms with Crippen molar-refractivity contribution in [3.63, 3.8) is 0 Å². The van der Waals surface area contributed by atoms with Crippen LogP contribution < -0.4 is 9.64 Å². The van der Waals surface area contributed by atoms with Gasteiger partial charge in [0.2, 0.25) is 5.82 Å². The number of thiazole rings is 1. The molecule has 160 valence electrons. The lowest BCUT2D eigenvalue weighted by molar-refractivity contribution is -0.138. The molecule has 0 unspecified atom stereocenters. The quantitative estimate of drug-likeness (QED) is 0.625. The highest BCUT2D eigenvalue weighted by Gasteiger charge is 2.44. The van der Waals surface area contributed by atoms with Crippen molar-refractivity contribution in [1.29, 1.82) is 0 Å². The van der Waals surface area contributed by atoms with E-state index in [1.165, 1.54) is 11.3 Å². The highest BCUT2D eigenvalue weighted by atomic mass is 35.5. The number of nitrogens with zero attached hydrogens (tertiary/aromatic N) is 6. The molecule has 2 aliphatic heterocycles. The van der Waals surface area contributed by atoms with E-state index in [0.717, 1.165) is 9.93 Å². The van der Waals surface area contributed by atoms with Crippen molar-refractivity contribution in [3.8, 4) is 16.5 Å². The normalized spacial score (nSPS) is 17.5. The molecule has 4 heterocycles. The number of tetrazole rings is 1. The van der Waals surface area contributed by atoms with Crippen molar-refractivity contribution >= 4 is 39.8 Å². The smallest absolute Gasteiger partial charge is 0.327 e. The zero-order valence-electron chi connectivity index (χ0n) is 16.2. The molecule has 31 heavy (non-hydrogen) atoms. The van der Waals surface area contributed by atoms with Crippen molar-refractivity contribution in [2.75, 3.05) is 18.0 Å². The molecule has 1 fully saturated rings. The number of carboxylic acid groups (broad SMARTS) is 1. The summed E-state index contributed by atoms with van der Waals surface area (Å²) in [6.45, 7) is 1.03. The van der Waals surface area contributed by atoms with Crippen LogP contribution in [-0.4, -0.2) is 60.7 Å². The zero-order valence-corrected chi connectivity index (χ0v) is 17.8. The highest BCUT2D eigenvalue weighted by molar-refractivity contribution is 7.18. The Hall–Kier alpha value is -3.05. The molecule has 1 spiro atoms. The zero-order chi connectivity index (χ0) is 21.6. The third kappa shape index (κ3) is 3.74. The maximum absolute atomic E-state index is 12.7. The number of carbonyl (C=O) groups excluding carboxylic acids is 1. The minimum atomic E-state index is -1.04. The summed E-state index contributed by atoms with van der Waals surface area (Å²) in [7, 11) is 0. The van der Waals surface area contributed by atoms with Crippen LogP contribution >= 0.6 is 22.9 Å². The molecule has 0 radical (unpaired) electrons. The predicted molar refractivity (Wildman–Crippen MR) is 112 cm³/mol. The standard InChI is InChI=1S/C19H17ClN6O4S/c20-11-2-1-3-13-16(11)12(27)8-19(30-13)4-6-25(7-5-19)18-21-9-14(31-18)17-22-24-26(23-17)10-15(28)29/h1-3,9H,4-8,10H2,(H,28,29). The second kappa shape index (κ2) is 7.57. The Kier molecular flexibility index (Phi) is 4.86. The summed E-state index contributed by atoms with van der Waals surface area (Å²) in [5.41, 5.74) is -0.0443. The van der Waals surface area contributed by atoms with Gasteiger partial charge < -0.3 is 14.7 Å². The molecule has 10 nitrogen and oxygen atoms in total. The van der Waals surface area contributed by atoms with Crippen molar-refractivity contribution in [2.45, 2.75) is 31.4 Å². The number of fused-ring (bicyclic) bond motifs is 1. The first-order chi connectivity index (χ1) is 14.9. The van der Waals surface area contributed by atoms with Gasteiger partial charge in [-0.15, -0.1) is 10.2 Å². The van der Waals surface area contributed by atoms with Gasteiger partial charge in [0, 0.05) is 25.9 Å². The summed E-state index contributed by atoms with van der Waals surface area (Å²) in [5.74, 6) is -0.116. The summed E-state index contributed by atoms with van der Waals surface area (Å²) in [6, 6.07) is 5.29. The van der Waals surface area contributed by atoms with Gasteiger partial charge in [0.25, 0.3) is 0 Å². The van der Waals surface area contributed by atoms with Gasteiger partial charge >= 0.3 is 5.97 Å². The summed E-state index contributed by atoms with van der Waals surface area (Å²) in [4.78, 5) is 31.8. The number of piperidine rings is 1. The number of Topliss-reactive ketones (excluding diaryl/α,β-unsaturated/α-hetero) is 1. The first-order valence-electron chi connectivity index (χ1n) is 9.64. The number of benzene rings is 1. The number of hydrogen-bond donors (Lipinski definition) is 1. The third-order valence-corrected chi connectivity index (χ3v) is 6.82. The molecule has 2 aromatic heterocycles. The average Bonchev–Trinajstić information content (AvgIpc) is 3.37. The Balaban J connectivity index is 1.28. The number of hydrogen-bond acceptors (Lipinski definition) is 9. The number of ketones is 1. The van der Waals surface area contributed by atoms with Crippen molar-refractivity contribution in [2.24, 2.45) is 0 Å². The lowest BCUT2D eigenvalue weighted by Crippen LogP contribution is -2.51. The molecule has 2 aliphatic rings. The molecule has 0 amide bonds. The molecule has 0 bridgehead atoms. The lowest BCUT2D eigenvalue weighted by Gasteiger charge is -2.44. The van der Waals surface area contributed by atoms with Crippen LogP contribution in [0.2, 0.25) is 5.02 Å². The van der Waals surface area contributed by atoms with E-state index >= 15 is 0 Å². The Morgan fingerprint density at radius 2 is 2.13 bits per heavy atom. The third-order valence-electron chi connectivity index (χ3n) is 5.45. The van der Waals surface area contributed by atoms with Crippen LogP contribution in [0.25, 0.3) is 10.7 Å².